The highest BCUT2D eigenvalue weighted by Crippen LogP contribution is 2.35. The van der Waals surface area contributed by atoms with Crippen molar-refractivity contribution in [3.05, 3.63) is 76.6 Å². The van der Waals surface area contributed by atoms with Gasteiger partial charge in [0, 0.05) is 16.6 Å². The van der Waals surface area contributed by atoms with Crippen LogP contribution in [-0.2, 0) is 12.6 Å². The summed E-state index contributed by atoms with van der Waals surface area (Å²) < 4.78 is 42.1. The van der Waals surface area contributed by atoms with E-state index in [1.807, 2.05) is 31.2 Å². The first-order valence-electron chi connectivity index (χ1n) is 10.2. The fraction of sp³-hybridized carbons (Fsp3) is 0.217. The molecule has 4 aromatic rings. The normalized spacial score (nSPS) is 11.5. The Labute approximate surface area is 192 Å². The zero-order valence-corrected chi connectivity index (χ0v) is 18.7. The average molecular weight is 472 g/mol. The number of amides is 1. The quantitative estimate of drug-likeness (QED) is 0.379. The van der Waals surface area contributed by atoms with Gasteiger partial charge in [-0.15, -0.1) is 11.3 Å². The number of halogens is 3. The van der Waals surface area contributed by atoms with E-state index >= 15 is 0 Å². The Balaban J connectivity index is 1.62. The standard InChI is InChI=1S/C23H20F3N5OS/c1-3-6-15-8-10-16(11-9-15)19-14(2)33-22(29-19)30-21(32)17-13-28-31(20(17)23(24,25)26)18-7-4-5-12-27-18/h4-5,7-13H,3,6H2,1-2H3,(H,29,30,32). The summed E-state index contributed by atoms with van der Waals surface area (Å²) in [4.78, 5) is 22.0. The predicted octanol–water partition coefficient (Wildman–Crippen LogP) is 5.92. The molecule has 0 saturated heterocycles. The maximum atomic E-state index is 13.8. The highest BCUT2D eigenvalue weighted by Gasteiger charge is 2.41. The molecule has 10 heteroatoms. The number of aryl methyl sites for hydroxylation is 2. The van der Waals surface area contributed by atoms with Gasteiger partial charge in [-0.05, 0) is 31.0 Å². The van der Waals surface area contributed by atoms with Crippen LogP contribution in [0.1, 0.15) is 39.8 Å². The van der Waals surface area contributed by atoms with Gasteiger partial charge >= 0.3 is 6.18 Å². The molecule has 0 atom stereocenters. The van der Waals surface area contributed by atoms with Gasteiger partial charge in [0.1, 0.15) is 0 Å². The van der Waals surface area contributed by atoms with E-state index in [9.17, 15) is 18.0 Å². The number of aromatic nitrogens is 4. The average Bonchev–Trinajstić information content (AvgIpc) is 3.39. The zero-order chi connectivity index (χ0) is 23.6. The molecule has 0 saturated carbocycles. The third kappa shape index (κ3) is 4.80. The summed E-state index contributed by atoms with van der Waals surface area (Å²) in [6.45, 7) is 3.96. The number of carbonyl (C=O) groups excluding carboxylic acids is 1. The van der Waals surface area contributed by atoms with E-state index in [0.717, 1.165) is 29.5 Å². The molecular formula is C23H20F3N5OS. The number of benzene rings is 1. The van der Waals surface area contributed by atoms with Gasteiger partial charge in [-0.2, -0.15) is 18.3 Å². The molecular weight excluding hydrogens is 451 g/mol. The molecule has 3 heterocycles. The first-order chi connectivity index (χ1) is 15.8. The number of anilines is 1. The molecule has 0 aliphatic carbocycles. The lowest BCUT2D eigenvalue weighted by Gasteiger charge is -2.11. The summed E-state index contributed by atoms with van der Waals surface area (Å²) in [6, 6.07) is 12.5. The predicted molar refractivity (Wildman–Crippen MR) is 121 cm³/mol. The molecule has 0 fully saturated rings. The van der Waals surface area contributed by atoms with Crippen LogP contribution in [0.3, 0.4) is 0 Å². The third-order valence-electron chi connectivity index (χ3n) is 4.93. The van der Waals surface area contributed by atoms with Crippen LogP contribution >= 0.6 is 11.3 Å². The van der Waals surface area contributed by atoms with E-state index < -0.39 is 23.3 Å². The second kappa shape index (κ2) is 9.14. The van der Waals surface area contributed by atoms with E-state index in [1.54, 1.807) is 12.1 Å². The minimum atomic E-state index is -4.81. The van der Waals surface area contributed by atoms with Crippen molar-refractivity contribution >= 4 is 22.4 Å². The van der Waals surface area contributed by atoms with Gasteiger partial charge in [-0.1, -0.05) is 43.7 Å². The van der Waals surface area contributed by atoms with E-state index in [1.165, 1.54) is 29.2 Å². The smallest absolute Gasteiger partial charge is 0.298 e. The Morgan fingerprint density at radius 3 is 2.55 bits per heavy atom. The Morgan fingerprint density at radius 2 is 1.91 bits per heavy atom. The minimum Gasteiger partial charge on any atom is -0.298 e. The molecule has 1 N–H and O–H groups in total. The number of pyridine rings is 1. The van der Waals surface area contributed by atoms with Gasteiger partial charge in [0.2, 0.25) is 0 Å². The summed E-state index contributed by atoms with van der Waals surface area (Å²) in [5.41, 5.74) is 0.971. The molecule has 0 spiro atoms. The van der Waals surface area contributed by atoms with E-state index in [2.05, 4.69) is 27.3 Å². The SMILES string of the molecule is CCCc1ccc(-c2nc(NC(=O)c3cnn(-c4ccccn4)c3C(F)(F)F)sc2C)cc1. The molecule has 33 heavy (non-hydrogen) atoms. The summed E-state index contributed by atoms with van der Waals surface area (Å²) in [7, 11) is 0. The van der Waals surface area contributed by atoms with Crippen LogP contribution in [0.15, 0.2) is 54.9 Å². The molecule has 4 rings (SSSR count). The highest BCUT2D eigenvalue weighted by atomic mass is 32.1. The Morgan fingerprint density at radius 1 is 1.15 bits per heavy atom. The van der Waals surface area contributed by atoms with Gasteiger partial charge in [0.25, 0.3) is 5.91 Å². The number of thiazole rings is 1. The number of nitrogens with one attached hydrogen (secondary N) is 1. The largest absolute Gasteiger partial charge is 0.434 e. The van der Waals surface area contributed by atoms with Crippen molar-refractivity contribution in [1.29, 1.82) is 0 Å². The lowest BCUT2D eigenvalue weighted by atomic mass is 10.1. The van der Waals surface area contributed by atoms with Crippen molar-refractivity contribution in [3.8, 4) is 17.1 Å². The summed E-state index contributed by atoms with van der Waals surface area (Å²) >= 11 is 1.20. The lowest BCUT2D eigenvalue weighted by Crippen LogP contribution is -2.21. The molecule has 0 bridgehead atoms. The van der Waals surface area contributed by atoms with Crippen molar-refractivity contribution in [2.75, 3.05) is 5.32 Å². The van der Waals surface area contributed by atoms with Crippen molar-refractivity contribution < 1.29 is 18.0 Å². The molecule has 0 unspecified atom stereocenters. The van der Waals surface area contributed by atoms with Gasteiger partial charge in [0.15, 0.2) is 16.6 Å². The first-order valence-corrected chi connectivity index (χ1v) is 11.0. The second-order valence-corrected chi connectivity index (χ2v) is 8.53. The van der Waals surface area contributed by atoms with Crippen LogP contribution in [-0.4, -0.2) is 25.7 Å². The van der Waals surface area contributed by atoms with Crippen LogP contribution in [0, 0.1) is 6.92 Å². The Kier molecular flexibility index (Phi) is 6.28. The van der Waals surface area contributed by atoms with Crippen molar-refractivity contribution in [3.63, 3.8) is 0 Å². The van der Waals surface area contributed by atoms with Gasteiger partial charge < -0.3 is 0 Å². The zero-order valence-electron chi connectivity index (χ0n) is 17.8. The van der Waals surface area contributed by atoms with E-state index in [-0.39, 0.29) is 10.9 Å². The van der Waals surface area contributed by atoms with Crippen molar-refractivity contribution in [2.24, 2.45) is 0 Å². The number of rotatable bonds is 6. The lowest BCUT2D eigenvalue weighted by molar-refractivity contribution is -0.143. The number of hydrogen-bond acceptors (Lipinski definition) is 5. The van der Waals surface area contributed by atoms with E-state index in [4.69, 9.17) is 0 Å². The molecule has 0 radical (unpaired) electrons. The van der Waals surface area contributed by atoms with Gasteiger partial charge in [-0.25, -0.2) is 14.6 Å². The molecule has 0 aliphatic heterocycles. The van der Waals surface area contributed by atoms with Crippen LogP contribution in [0.2, 0.25) is 0 Å². The van der Waals surface area contributed by atoms with Gasteiger partial charge in [0.05, 0.1) is 17.5 Å². The Hall–Kier alpha value is -3.53. The molecule has 1 aromatic carbocycles. The molecule has 1 amide bonds. The van der Waals surface area contributed by atoms with Gasteiger partial charge in [-0.3, -0.25) is 10.1 Å². The summed E-state index contributed by atoms with van der Waals surface area (Å²) in [5, 5.41) is 6.47. The maximum Gasteiger partial charge on any atom is 0.434 e. The van der Waals surface area contributed by atoms with Crippen LogP contribution in [0.4, 0.5) is 18.3 Å². The van der Waals surface area contributed by atoms with Crippen LogP contribution in [0.25, 0.3) is 17.1 Å². The molecule has 3 aromatic heterocycles. The number of alkyl halides is 3. The monoisotopic (exact) mass is 471 g/mol. The third-order valence-corrected chi connectivity index (χ3v) is 5.82. The molecule has 0 aliphatic rings. The summed E-state index contributed by atoms with van der Waals surface area (Å²) in [6.07, 6.45) is -0.551. The minimum absolute atomic E-state index is 0.0391. The Bertz CT molecular complexity index is 1260. The second-order valence-electron chi connectivity index (χ2n) is 7.33. The topological polar surface area (TPSA) is 72.7 Å². The summed E-state index contributed by atoms with van der Waals surface area (Å²) in [5.74, 6) is -0.981. The molecule has 6 nitrogen and oxygen atoms in total. The number of nitrogens with zero attached hydrogens (tertiary/aromatic N) is 4. The number of carbonyl (C=O) groups is 1. The van der Waals surface area contributed by atoms with Crippen LogP contribution in [0.5, 0.6) is 0 Å². The van der Waals surface area contributed by atoms with Crippen LogP contribution < -0.4 is 5.32 Å². The van der Waals surface area contributed by atoms with E-state index in [0.29, 0.717) is 10.4 Å². The number of hydrogen-bond donors (Lipinski definition) is 1. The molecule has 170 valence electrons. The maximum absolute atomic E-state index is 13.8. The van der Waals surface area contributed by atoms with Crippen molar-refractivity contribution in [2.45, 2.75) is 32.9 Å². The fourth-order valence-corrected chi connectivity index (χ4v) is 4.27. The first kappa shape index (κ1) is 22.7. The fourth-order valence-electron chi connectivity index (χ4n) is 3.44. The highest BCUT2D eigenvalue weighted by molar-refractivity contribution is 7.16. The van der Waals surface area contributed by atoms with Crippen molar-refractivity contribution in [1.82, 2.24) is 19.7 Å².